The summed E-state index contributed by atoms with van der Waals surface area (Å²) in [6.07, 6.45) is 1.93. The fraction of sp³-hybridized carbons (Fsp3) is 0.0833. The molecule has 0 atom stereocenters. The Labute approximate surface area is 103 Å². The van der Waals surface area contributed by atoms with Crippen molar-refractivity contribution in [2.75, 3.05) is 0 Å². The minimum Gasteiger partial charge on any atom is -0.284 e. The Morgan fingerprint density at radius 1 is 1.12 bits per heavy atom. The second-order valence-corrected chi connectivity index (χ2v) is 4.09. The molecule has 0 aliphatic heterocycles. The predicted octanol–water partition coefficient (Wildman–Crippen LogP) is 2.78. The number of hydrogen-bond acceptors (Lipinski definition) is 3. The molecule has 5 heteroatoms. The van der Waals surface area contributed by atoms with Gasteiger partial charge >= 0.3 is 0 Å². The zero-order valence-electron chi connectivity index (χ0n) is 9.13. The van der Waals surface area contributed by atoms with E-state index in [-0.39, 0.29) is 0 Å². The summed E-state index contributed by atoms with van der Waals surface area (Å²) in [6, 6.07) is 10.1. The van der Waals surface area contributed by atoms with Crippen LogP contribution >= 0.6 is 11.6 Å². The van der Waals surface area contributed by atoms with Gasteiger partial charge in [-0.25, -0.2) is 4.98 Å². The van der Waals surface area contributed by atoms with Crippen molar-refractivity contribution >= 4 is 22.5 Å². The fourth-order valence-electron chi connectivity index (χ4n) is 1.74. The molecule has 0 saturated heterocycles. The van der Waals surface area contributed by atoms with Crippen LogP contribution in [0.5, 0.6) is 0 Å². The van der Waals surface area contributed by atoms with Gasteiger partial charge in [-0.15, -0.1) is 10.2 Å². The quantitative estimate of drug-likeness (QED) is 0.661. The molecule has 0 saturated carbocycles. The molecular formula is C12H9ClN4. The molecule has 0 amide bonds. The normalized spacial score (nSPS) is 10.9. The molecular weight excluding hydrogens is 236 g/mol. The van der Waals surface area contributed by atoms with Crippen LogP contribution in [0.25, 0.3) is 16.9 Å². The van der Waals surface area contributed by atoms with Crippen LogP contribution in [-0.4, -0.2) is 19.7 Å². The summed E-state index contributed by atoms with van der Waals surface area (Å²) >= 11 is 5.81. The Hall–Kier alpha value is -1.94. The van der Waals surface area contributed by atoms with Gasteiger partial charge in [0.2, 0.25) is 0 Å². The van der Waals surface area contributed by atoms with Crippen LogP contribution in [0.3, 0.4) is 0 Å². The summed E-state index contributed by atoms with van der Waals surface area (Å²) in [5, 5.41) is 9.36. The molecule has 0 aliphatic rings. The average Bonchev–Trinajstić information content (AvgIpc) is 2.76. The highest BCUT2D eigenvalue weighted by Crippen LogP contribution is 2.18. The molecule has 3 rings (SSSR count). The molecule has 2 heterocycles. The van der Waals surface area contributed by atoms with Gasteiger partial charge in [-0.1, -0.05) is 29.8 Å². The summed E-state index contributed by atoms with van der Waals surface area (Å²) in [6.45, 7) is 1.81. The molecule has 2 aromatic heterocycles. The van der Waals surface area contributed by atoms with Crippen molar-refractivity contribution in [1.29, 1.82) is 0 Å². The number of nitrogens with zero attached hydrogens (tertiary/aromatic N) is 4. The second-order valence-electron chi connectivity index (χ2n) is 3.73. The number of rotatable bonds is 1. The summed E-state index contributed by atoms with van der Waals surface area (Å²) in [5.74, 6) is 0.535. The van der Waals surface area contributed by atoms with E-state index in [1.54, 1.807) is 0 Å². The maximum absolute atomic E-state index is 5.81. The Balaban J connectivity index is 2.24. The van der Waals surface area contributed by atoms with Crippen LogP contribution < -0.4 is 0 Å². The van der Waals surface area contributed by atoms with Crippen LogP contribution in [0.15, 0.2) is 36.5 Å². The van der Waals surface area contributed by atoms with Gasteiger partial charge in [0.05, 0.1) is 11.2 Å². The number of halogens is 1. The molecule has 84 valence electrons. The molecule has 0 spiro atoms. The molecule has 0 N–H and O–H groups in total. The monoisotopic (exact) mass is 244 g/mol. The molecule has 1 aromatic carbocycles. The SMILES string of the molecule is Cc1nc(-n2ccc3ccccc32)nnc1Cl. The van der Waals surface area contributed by atoms with Crippen molar-refractivity contribution in [3.8, 4) is 5.95 Å². The number of aromatic nitrogens is 4. The average molecular weight is 245 g/mol. The highest BCUT2D eigenvalue weighted by molar-refractivity contribution is 6.29. The largest absolute Gasteiger partial charge is 0.284 e. The summed E-state index contributed by atoms with van der Waals surface area (Å²) in [5.41, 5.74) is 1.73. The molecule has 4 nitrogen and oxygen atoms in total. The van der Waals surface area contributed by atoms with E-state index in [9.17, 15) is 0 Å². The number of hydrogen-bond donors (Lipinski definition) is 0. The van der Waals surface area contributed by atoms with E-state index in [2.05, 4.69) is 15.2 Å². The fourth-order valence-corrected chi connectivity index (χ4v) is 1.82. The second kappa shape index (κ2) is 3.82. The van der Waals surface area contributed by atoms with E-state index in [1.165, 1.54) is 0 Å². The number of aryl methyl sites for hydroxylation is 1. The first-order valence-electron chi connectivity index (χ1n) is 5.19. The van der Waals surface area contributed by atoms with Crippen molar-refractivity contribution in [2.24, 2.45) is 0 Å². The maximum Gasteiger partial charge on any atom is 0.254 e. The molecule has 0 aliphatic carbocycles. The first-order valence-corrected chi connectivity index (χ1v) is 5.57. The molecule has 0 unspecified atom stereocenters. The lowest BCUT2D eigenvalue weighted by atomic mass is 10.2. The lowest BCUT2D eigenvalue weighted by Crippen LogP contribution is -2.03. The smallest absolute Gasteiger partial charge is 0.254 e. The first kappa shape index (κ1) is 10.2. The number of para-hydroxylation sites is 1. The molecule has 0 bridgehead atoms. The van der Waals surface area contributed by atoms with Gasteiger partial charge in [0.15, 0.2) is 5.15 Å². The zero-order chi connectivity index (χ0) is 11.8. The van der Waals surface area contributed by atoms with E-state index in [0.717, 1.165) is 10.9 Å². The Morgan fingerprint density at radius 3 is 2.76 bits per heavy atom. The predicted molar refractivity (Wildman–Crippen MR) is 66.4 cm³/mol. The van der Waals surface area contributed by atoms with Crippen molar-refractivity contribution in [2.45, 2.75) is 6.92 Å². The van der Waals surface area contributed by atoms with Gasteiger partial charge in [0.1, 0.15) is 0 Å². The lowest BCUT2D eigenvalue weighted by molar-refractivity contribution is 0.855. The Kier molecular flexibility index (Phi) is 2.30. The number of benzene rings is 1. The standard InChI is InChI=1S/C12H9ClN4/c1-8-11(13)15-16-12(14-8)17-7-6-9-4-2-3-5-10(9)17/h2-7H,1H3. The summed E-state index contributed by atoms with van der Waals surface area (Å²) < 4.78 is 1.89. The van der Waals surface area contributed by atoms with E-state index < -0.39 is 0 Å². The van der Waals surface area contributed by atoms with E-state index in [4.69, 9.17) is 11.6 Å². The molecule has 0 radical (unpaired) electrons. The number of fused-ring (bicyclic) bond motifs is 1. The maximum atomic E-state index is 5.81. The van der Waals surface area contributed by atoms with Crippen molar-refractivity contribution in [3.05, 3.63) is 47.4 Å². The molecule has 0 fully saturated rings. The Bertz CT molecular complexity index is 690. The van der Waals surface area contributed by atoms with Crippen LogP contribution in [-0.2, 0) is 0 Å². The van der Waals surface area contributed by atoms with Gasteiger partial charge in [-0.3, -0.25) is 4.57 Å². The van der Waals surface area contributed by atoms with Gasteiger partial charge in [0.25, 0.3) is 5.95 Å². The third-order valence-electron chi connectivity index (χ3n) is 2.61. The highest BCUT2D eigenvalue weighted by Gasteiger charge is 2.07. The topological polar surface area (TPSA) is 43.6 Å². The van der Waals surface area contributed by atoms with Crippen molar-refractivity contribution in [1.82, 2.24) is 19.7 Å². The van der Waals surface area contributed by atoms with Gasteiger partial charge in [-0.2, -0.15) is 0 Å². The van der Waals surface area contributed by atoms with Gasteiger partial charge < -0.3 is 0 Å². The van der Waals surface area contributed by atoms with E-state index in [0.29, 0.717) is 16.8 Å². The van der Waals surface area contributed by atoms with E-state index >= 15 is 0 Å². The van der Waals surface area contributed by atoms with E-state index in [1.807, 2.05) is 48.0 Å². The van der Waals surface area contributed by atoms with Gasteiger partial charge in [0, 0.05) is 11.6 Å². The van der Waals surface area contributed by atoms with Gasteiger partial charge in [-0.05, 0) is 19.1 Å². The van der Waals surface area contributed by atoms with Crippen molar-refractivity contribution < 1.29 is 0 Å². The summed E-state index contributed by atoms with van der Waals surface area (Å²) in [4.78, 5) is 4.32. The molecule has 17 heavy (non-hydrogen) atoms. The first-order chi connectivity index (χ1) is 8.25. The molecule has 3 aromatic rings. The third-order valence-corrected chi connectivity index (χ3v) is 2.96. The third kappa shape index (κ3) is 1.66. The van der Waals surface area contributed by atoms with Crippen LogP contribution in [0, 0.1) is 6.92 Å². The van der Waals surface area contributed by atoms with Crippen LogP contribution in [0.4, 0.5) is 0 Å². The zero-order valence-corrected chi connectivity index (χ0v) is 9.89. The minimum absolute atomic E-state index is 0.338. The summed E-state index contributed by atoms with van der Waals surface area (Å²) in [7, 11) is 0. The highest BCUT2D eigenvalue weighted by atomic mass is 35.5. The van der Waals surface area contributed by atoms with Crippen LogP contribution in [0.1, 0.15) is 5.69 Å². The lowest BCUT2D eigenvalue weighted by Gasteiger charge is -2.03. The van der Waals surface area contributed by atoms with Crippen molar-refractivity contribution in [3.63, 3.8) is 0 Å². The Morgan fingerprint density at radius 2 is 1.94 bits per heavy atom. The van der Waals surface area contributed by atoms with Crippen LogP contribution in [0.2, 0.25) is 5.15 Å². The minimum atomic E-state index is 0.338.